The van der Waals surface area contributed by atoms with Crippen molar-refractivity contribution in [2.75, 3.05) is 6.66 Å². The molecule has 0 fully saturated rings. The smallest absolute Gasteiger partial charge is 0.229 e. The van der Waals surface area contributed by atoms with Gasteiger partial charge in [0, 0.05) is 17.8 Å². The lowest BCUT2D eigenvalue weighted by Crippen LogP contribution is -2.14. The minimum atomic E-state index is -3.73. The highest BCUT2D eigenvalue weighted by atomic mass is 31.2. The van der Waals surface area contributed by atoms with Crippen molar-refractivity contribution in [3.05, 3.63) is 68.8 Å². The van der Waals surface area contributed by atoms with Crippen molar-refractivity contribution in [1.82, 2.24) is 0 Å². The first kappa shape index (κ1) is 19.3. The molecule has 2 rings (SSSR count). The Morgan fingerprint density at radius 2 is 0.880 bits per heavy atom. The van der Waals surface area contributed by atoms with Gasteiger partial charge in [0.15, 0.2) is 0 Å². The Hall–Kier alpha value is -1.99. The second kappa shape index (κ2) is 6.72. The van der Waals surface area contributed by atoms with Gasteiger partial charge in [0.2, 0.25) is 18.2 Å². The van der Waals surface area contributed by atoms with Crippen LogP contribution in [-0.4, -0.2) is 17.7 Å². The highest BCUT2D eigenvalue weighted by Gasteiger charge is 2.38. The van der Waals surface area contributed by atoms with Crippen LogP contribution in [0, 0.1) is 41.5 Å². The predicted molar refractivity (Wildman–Crippen MR) is 103 cm³/mol. The molecule has 0 aromatic heterocycles. The highest BCUT2D eigenvalue weighted by Crippen LogP contribution is 2.50. The molecule has 0 N–H and O–H groups in total. The summed E-state index contributed by atoms with van der Waals surface area (Å²) in [5, 5.41) is 0. The number of hydrogen-bond acceptors (Lipinski definition) is 3. The monoisotopic (exact) mass is 356 g/mol. The molecule has 0 spiro atoms. The lowest BCUT2D eigenvalue weighted by Gasteiger charge is -2.17. The SMILES string of the molecule is Cc1cc(C)c(C(=O)P(C)(=O)C(=O)c2c(C)cc(C)cc2C)c(C)c1. The zero-order valence-corrected chi connectivity index (χ0v) is 16.9. The van der Waals surface area contributed by atoms with E-state index in [0.29, 0.717) is 11.1 Å². The molecule has 0 saturated carbocycles. The lowest BCUT2D eigenvalue weighted by molar-refractivity contribution is 0.103. The Morgan fingerprint density at radius 3 is 1.12 bits per heavy atom. The summed E-state index contributed by atoms with van der Waals surface area (Å²) in [7, 11) is -3.73. The van der Waals surface area contributed by atoms with Crippen molar-refractivity contribution in [2.45, 2.75) is 41.5 Å². The molecule has 0 bridgehead atoms. The van der Waals surface area contributed by atoms with E-state index in [2.05, 4.69) is 0 Å². The molecule has 0 aliphatic rings. The average molecular weight is 356 g/mol. The molecule has 4 heteroatoms. The first-order chi connectivity index (χ1) is 11.5. The van der Waals surface area contributed by atoms with Crippen LogP contribution < -0.4 is 0 Å². The lowest BCUT2D eigenvalue weighted by atomic mass is 10.0. The van der Waals surface area contributed by atoms with Gasteiger partial charge in [-0.2, -0.15) is 0 Å². The van der Waals surface area contributed by atoms with Gasteiger partial charge in [-0.3, -0.25) is 9.59 Å². The molecule has 0 heterocycles. The van der Waals surface area contributed by atoms with E-state index in [-0.39, 0.29) is 0 Å². The van der Waals surface area contributed by atoms with E-state index in [1.165, 1.54) is 6.66 Å². The van der Waals surface area contributed by atoms with E-state index in [4.69, 9.17) is 0 Å². The third-order valence-corrected chi connectivity index (χ3v) is 6.55. The molecule has 2 aromatic carbocycles. The zero-order chi connectivity index (χ0) is 19.1. The standard InChI is InChI=1S/C21H25O3P/c1-12-8-14(3)18(15(4)9-12)20(22)25(7,24)21(23)19-16(5)10-13(2)11-17(19)6/h8-11H,1-7H3. The molecule has 0 saturated heterocycles. The third-order valence-electron chi connectivity index (χ3n) is 4.56. The molecule has 0 atom stereocenters. The Bertz CT molecular complexity index is 819. The second-order valence-corrected chi connectivity index (χ2v) is 9.74. The van der Waals surface area contributed by atoms with Crippen LogP contribution in [0.4, 0.5) is 0 Å². The topological polar surface area (TPSA) is 51.2 Å². The van der Waals surface area contributed by atoms with Crippen molar-refractivity contribution < 1.29 is 14.2 Å². The fourth-order valence-corrected chi connectivity index (χ4v) is 5.30. The normalized spacial score (nSPS) is 11.5. The van der Waals surface area contributed by atoms with Gasteiger partial charge in [-0.25, -0.2) is 0 Å². The van der Waals surface area contributed by atoms with Gasteiger partial charge < -0.3 is 4.57 Å². The van der Waals surface area contributed by atoms with E-state index < -0.39 is 18.2 Å². The number of carbonyl (C=O) groups is 2. The number of aryl methyl sites for hydroxylation is 6. The van der Waals surface area contributed by atoms with E-state index >= 15 is 0 Å². The Labute approximate surface area is 149 Å². The number of rotatable bonds is 4. The molecular formula is C21H25O3P. The summed E-state index contributed by atoms with van der Waals surface area (Å²) in [6.07, 6.45) is 0. The maximum Gasteiger partial charge on any atom is 0.229 e. The maximum atomic E-state index is 13.3. The molecule has 0 amide bonds. The molecule has 0 unspecified atom stereocenters. The first-order valence-electron chi connectivity index (χ1n) is 8.29. The Balaban J connectivity index is 2.58. The number of hydrogen-bond donors (Lipinski definition) is 0. The molecule has 2 aromatic rings. The van der Waals surface area contributed by atoms with E-state index in [1.807, 2.05) is 65.8 Å². The fraction of sp³-hybridized carbons (Fsp3) is 0.333. The van der Waals surface area contributed by atoms with Gasteiger partial charge in [0.1, 0.15) is 0 Å². The number of benzene rings is 2. The van der Waals surface area contributed by atoms with Crippen LogP contribution in [0.25, 0.3) is 0 Å². The van der Waals surface area contributed by atoms with Crippen LogP contribution in [0.1, 0.15) is 54.1 Å². The van der Waals surface area contributed by atoms with E-state index in [9.17, 15) is 14.2 Å². The summed E-state index contributed by atoms with van der Waals surface area (Å²) >= 11 is 0. The van der Waals surface area contributed by atoms with Crippen molar-refractivity contribution in [1.29, 1.82) is 0 Å². The summed E-state index contributed by atoms with van der Waals surface area (Å²) in [6.45, 7) is 12.5. The van der Waals surface area contributed by atoms with Crippen LogP contribution in [-0.2, 0) is 4.57 Å². The molecule has 132 valence electrons. The van der Waals surface area contributed by atoms with Crippen LogP contribution in [0.15, 0.2) is 24.3 Å². The summed E-state index contributed by atoms with van der Waals surface area (Å²) in [4.78, 5) is 26.1. The van der Waals surface area contributed by atoms with Crippen molar-refractivity contribution in [2.24, 2.45) is 0 Å². The molecule has 25 heavy (non-hydrogen) atoms. The number of carbonyl (C=O) groups excluding carboxylic acids is 2. The largest absolute Gasteiger partial charge is 0.307 e. The summed E-state index contributed by atoms with van der Waals surface area (Å²) in [5.41, 5.74) is 4.83. The first-order valence-corrected chi connectivity index (χ1v) is 10.4. The third kappa shape index (κ3) is 3.52. The van der Waals surface area contributed by atoms with Crippen LogP contribution >= 0.6 is 7.14 Å². The van der Waals surface area contributed by atoms with Gasteiger partial charge in [-0.1, -0.05) is 35.4 Å². The van der Waals surface area contributed by atoms with Crippen LogP contribution in [0.3, 0.4) is 0 Å². The van der Waals surface area contributed by atoms with Gasteiger partial charge in [-0.05, 0) is 63.8 Å². The van der Waals surface area contributed by atoms with Crippen molar-refractivity contribution in [3.8, 4) is 0 Å². The van der Waals surface area contributed by atoms with Crippen molar-refractivity contribution in [3.63, 3.8) is 0 Å². The van der Waals surface area contributed by atoms with Crippen molar-refractivity contribution >= 4 is 18.2 Å². The molecular weight excluding hydrogens is 331 g/mol. The zero-order valence-electron chi connectivity index (χ0n) is 16.0. The maximum absolute atomic E-state index is 13.3. The summed E-state index contributed by atoms with van der Waals surface area (Å²) in [5.74, 6) is 0. The summed E-state index contributed by atoms with van der Waals surface area (Å²) in [6, 6.07) is 7.53. The average Bonchev–Trinajstić information content (AvgIpc) is 2.44. The molecule has 0 radical (unpaired) electrons. The molecule has 0 aliphatic heterocycles. The predicted octanol–water partition coefficient (Wildman–Crippen LogP) is 5.51. The molecule has 0 aliphatic carbocycles. The summed E-state index contributed by atoms with van der Waals surface area (Å²) < 4.78 is 13.3. The Morgan fingerprint density at radius 1 is 0.640 bits per heavy atom. The van der Waals surface area contributed by atoms with E-state index in [1.54, 1.807) is 0 Å². The minimum Gasteiger partial charge on any atom is -0.307 e. The quantitative estimate of drug-likeness (QED) is 0.679. The van der Waals surface area contributed by atoms with Gasteiger partial charge in [-0.15, -0.1) is 0 Å². The van der Waals surface area contributed by atoms with Gasteiger partial charge in [0.25, 0.3) is 0 Å². The van der Waals surface area contributed by atoms with Gasteiger partial charge in [0.05, 0.1) is 0 Å². The second-order valence-electron chi connectivity index (χ2n) is 7.08. The van der Waals surface area contributed by atoms with Crippen LogP contribution in [0.5, 0.6) is 0 Å². The van der Waals surface area contributed by atoms with Gasteiger partial charge >= 0.3 is 0 Å². The van der Waals surface area contributed by atoms with E-state index in [0.717, 1.165) is 33.4 Å². The van der Waals surface area contributed by atoms with Crippen LogP contribution in [0.2, 0.25) is 0 Å². The highest BCUT2D eigenvalue weighted by molar-refractivity contribution is 7.94. The fourth-order valence-electron chi connectivity index (χ4n) is 3.55. The Kier molecular flexibility index (Phi) is 5.20. The minimum absolute atomic E-state index is 0.409. The molecule has 3 nitrogen and oxygen atoms in total.